The molecular weight excluding hydrogens is 930 g/mol. The van der Waals surface area contributed by atoms with Crippen molar-refractivity contribution in [3.8, 4) is 27.9 Å². The van der Waals surface area contributed by atoms with E-state index in [1.54, 1.807) is 0 Å². The van der Waals surface area contributed by atoms with Crippen molar-refractivity contribution in [2.24, 2.45) is 0 Å². The Hall–Kier alpha value is -7.56. The highest BCUT2D eigenvalue weighted by Crippen LogP contribution is 2.54. The van der Waals surface area contributed by atoms with E-state index in [4.69, 9.17) is 0 Å². The van der Waals surface area contributed by atoms with Crippen molar-refractivity contribution < 1.29 is 0 Å². The number of aryl methyl sites for hydroxylation is 4. The van der Waals surface area contributed by atoms with Crippen molar-refractivity contribution in [3.05, 3.63) is 214 Å². The molecule has 0 N–H and O–H groups in total. The molecule has 10 aromatic rings. The molecule has 0 unspecified atom stereocenters. The molecule has 13 rings (SSSR count). The van der Waals surface area contributed by atoms with Crippen LogP contribution in [0.3, 0.4) is 0 Å². The number of hydrogen-bond donors (Lipinski definition) is 0. The Morgan fingerprint density at radius 1 is 0.403 bits per heavy atom. The van der Waals surface area contributed by atoms with Crippen molar-refractivity contribution in [3.63, 3.8) is 0 Å². The van der Waals surface area contributed by atoms with Crippen LogP contribution >= 0.6 is 0 Å². The van der Waals surface area contributed by atoms with E-state index >= 15 is 0 Å². The summed E-state index contributed by atoms with van der Waals surface area (Å²) in [5.74, 6) is 0. The molecule has 1 aliphatic carbocycles. The number of nitrogens with zero attached hydrogens (tertiary/aromatic N) is 3. The van der Waals surface area contributed by atoms with Gasteiger partial charge in [-0.1, -0.05) is 185 Å². The highest BCUT2D eigenvalue weighted by molar-refractivity contribution is 7.00. The fraction of sp³-hybridized carbons (Fsp3) is 0.260. The second-order valence-electron chi connectivity index (χ2n) is 26.5. The molecule has 3 heterocycles. The lowest BCUT2D eigenvalue weighted by Gasteiger charge is -2.46. The number of benzene rings is 9. The molecule has 3 nitrogen and oxygen atoms in total. The zero-order valence-electron chi connectivity index (χ0n) is 48.0. The predicted octanol–water partition coefficient (Wildman–Crippen LogP) is 18.0. The third kappa shape index (κ3) is 7.30. The highest BCUT2D eigenvalue weighted by atomic mass is 15.2. The maximum absolute atomic E-state index is 2.69. The first-order valence-electron chi connectivity index (χ1n) is 28.0. The summed E-state index contributed by atoms with van der Waals surface area (Å²) in [7, 11) is 0. The van der Waals surface area contributed by atoms with E-state index in [0.717, 1.165) is 5.69 Å². The van der Waals surface area contributed by atoms with E-state index in [0.29, 0.717) is 0 Å². The van der Waals surface area contributed by atoms with Gasteiger partial charge in [-0.2, -0.15) is 0 Å². The molecule has 3 aliphatic rings. The summed E-state index contributed by atoms with van der Waals surface area (Å²) in [5.41, 5.74) is 32.0. The van der Waals surface area contributed by atoms with Gasteiger partial charge in [0.15, 0.2) is 0 Å². The molecule has 77 heavy (non-hydrogen) atoms. The molecule has 1 aromatic heterocycles. The van der Waals surface area contributed by atoms with Crippen molar-refractivity contribution >= 4 is 79.0 Å². The number of aromatic nitrogens is 1. The summed E-state index contributed by atoms with van der Waals surface area (Å²) in [4.78, 5) is 5.37. The SMILES string of the molecule is Cc1cc(-c2cccc3c2-c2ccccc2C3(C)C)cc(C)c1N1c2ccc(C(C)(C)C)cc2B2c3cc4c5ccccc5n(-c5ccccc5)c4cc3N(c3c(C)cc(C(C)(C)C)cc3C)c3cc(C(C)(C)C)cc1c32. The first kappa shape index (κ1) is 49.0. The van der Waals surface area contributed by atoms with Gasteiger partial charge in [0.05, 0.1) is 22.4 Å². The Morgan fingerprint density at radius 2 is 0.935 bits per heavy atom. The molecule has 2 aliphatic heterocycles. The van der Waals surface area contributed by atoms with Gasteiger partial charge in [-0.05, 0) is 187 Å². The van der Waals surface area contributed by atoms with Crippen LogP contribution in [-0.2, 0) is 21.7 Å². The van der Waals surface area contributed by atoms with Gasteiger partial charge in [0, 0.05) is 44.6 Å². The van der Waals surface area contributed by atoms with Crippen molar-refractivity contribution in [2.75, 3.05) is 9.80 Å². The average Bonchev–Trinajstić information content (AvgIpc) is 3.93. The Bertz CT molecular complexity index is 4080. The van der Waals surface area contributed by atoms with Gasteiger partial charge < -0.3 is 14.4 Å². The molecule has 0 spiro atoms. The Morgan fingerprint density at radius 3 is 1.58 bits per heavy atom. The van der Waals surface area contributed by atoms with Crippen LogP contribution in [0.2, 0.25) is 0 Å². The predicted molar refractivity (Wildman–Crippen MR) is 333 cm³/mol. The minimum atomic E-state index is -0.162. The fourth-order valence-electron chi connectivity index (χ4n) is 13.9. The van der Waals surface area contributed by atoms with E-state index in [9.17, 15) is 0 Å². The molecule has 382 valence electrons. The molecule has 0 bridgehead atoms. The second-order valence-corrected chi connectivity index (χ2v) is 26.5. The molecule has 0 saturated carbocycles. The van der Waals surface area contributed by atoms with E-state index in [1.165, 1.54) is 145 Å². The third-order valence-corrected chi connectivity index (χ3v) is 17.8. The molecule has 0 amide bonds. The number of hydrogen-bond acceptors (Lipinski definition) is 2. The summed E-state index contributed by atoms with van der Waals surface area (Å²) < 4.78 is 2.49. The molecule has 0 fully saturated rings. The van der Waals surface area contributed by atoms with Gasteiger partial charge in [0.2, 0.25) is 0 Å². The van der Waals surface area contributed by atoms with Gasteiger partial charge in [0.1, 0.15) is 0 Å². The van der Waals surface area contributed by atoms with Gasteiger partial charge >= 0.3 is 0 Å². The van der Waals surface area contributed by atoms with E-state index in [-0.39, 0.29) is 28.4 Å². The van der Waals surface area contributed by atoms with Crippen LogP contribution in [0.5, 0.6) is 0 Å². The molecular formula is C73H72BN3. The van der Waals surface area contributed by atoms with Gasteiger partial charge in [-0.3, -0.25) is 0 Å². The third-order valence-electron chi connectivity index (χ3n) is 17.8. The highest BCUT2D eigenvalue weighted by Gasteiger charge is 2.46. The lowest BCUT2D eigenvalue weighted by molar-refractivity contribution is 0.589. The van der Waals surface area contributed by atoms with Crippen LogP contribution in [-0.4, -0.2) is 11.3 Å². The van der Waals surface area contributed by atoms with Crippen LogP contribution in [0.15, 0.2) is 164 Å². The number of rotatable bonds is 4. The van der Waals surface area contributed by atoms with Crippen LogP contribution in [0.25, 0.3) is 49.7 Å². The van der Waals surface area contributed by atoms with Gasteiger partial charge in [-0.25, -0.2) is 0 Å². The fourth-order valence-corrected chi connectivity index (χ4v) is 13.9. The van der Waals surface area contributed by atoms with Crippen LogP contribution in [0, 0.1) is 27.7 Å². The number of para-hydroxylation sites is 2. The molecule has 0 saturated heterocycles. The zero-order valence-corrected chi connectivity index (χ0v) is 48.0. The number of anilines is 6. The Labute approximate surface area is 458 Å². The largest absolute Gasteiger partial charge is 0.311 e. The average molecular weight is 1000 g/mol. The minimum absolute atomic E-state index is 0.00503. The summed E-state index contributed by atoms with van der Waals surface area (Å²) in [6.45, 7) is 35.4. The second kappa shape index (κ2) is 16.7. The zero-order chi connectivity index (χ0) is 54.0. The maximum atomic E-state index is 2.69. The van der Waals surface area contributed by atoms with Crippen molar-refractivity contribution in [1.29, 1.82) is 0 Å². The molecule has 0 atom stereocenters. The first-order chi connectivity index (χ1) is 36.5. The maximum Gasteiger partial charge on any atom is 0.252 e. The quantitative estimate of drug-likeness (QED) is 0.163. The minimum Gasteiger partial charge on any atom is -0.311 e. The van der Waals surface area contributed by atoms with Crippen LogP contribution < -0.4 is 26.2 Å². The molecule has 0 radical (unpaired) electrons. The Balaban J connectivity index is 1.14. The van der Waals surface area contributed by atoms with Crippen LogP contribution in [0.1, 0.15) is 126 Å². The van der Waals surface area contributed by atoms with Crippen LogP contribution in [0.4, 0.5) is 34.1 Å². The standard InChI is InChI=1S/C73H72BN3/c1-43-34-47(52-28-23-30-57-66(52)54-27-19-21-29-56(54)73(57,14)15)35-44(2)68(43)76-61-33-32-48(70(5,6)7)38-58(61)74-59-41-55-53-26-20-22-31-60(53)75(51-24-17-16-18-25-51)62(55)42-63(59)77(65-40-50(72(11,12)13)39-64(76)67(65)74)69-45(3)36-49(37-46(69)4)71(8,9)10/h16-42H,1-15H3. The van der Waals surface area contributed by atoms with Gasteiger partial charge in [0.25, 0.3) is 6.71 Å². The lowest BCUT2D eigenvalue weighted by atomic mass is 9.33. The van der Waals surface area contributed by atoms with Crippen molar-refractivity contribution in [1.82, 2.24) is 4.57 Å². The monoisotopic (exact) mass is 1000 g/mol. The summed E-state index contributed by atoms with van der Waals surface area (Å²) in [6, 6.07) is 63.6. The van der Waals surface area contributed by atoms with E-state index in [2.05, 4.69) is 282 Å². The smallest absolute Gasteiger partial charge is 0.252 e. The van der Waals surface area contributed by atoms with E-state index < -0.39 is 0 Å². The molecule has 4 heteroatoms. The van der Waals surface area contributed by atoms with E-state index in [1.807, 2.05) is 0 Å². The summed E-state index contributed by atoms with van der Waals surface area (Å²) >= 11 is 0. The van der Waals surface area contributed by atoms with Crippen molar-refractivity contribution in [2.45, 2.75) is 126 Å². The van der Waals surface area contributed by atoms with Gasteiger partial charge in [-0.15, -0.1) is 0 Å². The number of fused-ring (bicyclic) bond motifs is 10. The first-order valence-corrected chi connectivity index (χ1v) is 28.0. The molecule has 9 aromatic carbocycles. The summed E-state index contributed by atoms with van der Waals surface area (Å²) in [5, 5.41) is 2.54. The summed E-state index contributed by atoms with van der Waals surface area (Å²) in [6.07, 6.45) is 0. The lowest BCUT2D eigenvalue weighted by Crippen LogP contribution is -2.61. The normalized spacial score (nSPS) is 14.5. The Kier molecular flexibility index (Phi) is 10.7. The topological polar surface area (TPSA) is 11.4 Å².